The Morgan fingerprint density at radius 2 is 1.18 bits per heavy atom. The highest BCUT2D eigenvalue weighted by Gasteiger charge is 2.44. The molecule has 5 heteroatoms. The van der Waals surface area contributed by atoms with Crippen LogP contribution in [-0.2, 0) is 20.9 Å². The van der Waals surface area contributed by atoms with Gasteiger partial charge in [-0.2, -0.15) is 0 Å². The van der Waals surface area contributed by atoms with Crippen molar-refractivity contribution in [1.82, 2.24) is 4.67 Å². The van der Waals surface area contributed by atoms with E-state index < -0.39 is 6.64 Å². The summed E-state index contributed by atoms with van der Waals surface area (Å²) in [5.41, 5.74) is 0. The van der Waals surface area contributed by atoms with Crippen molar-refractivity contribution in [2.45, 2.75) is 109 Å². The van der Waals surface area contributed by atoms with Crippen molar-refractivity contribution in [1.29, 1.82) is 0 Å². The molecule has 2 aliphatic carbocycles. The van der Waals surface area contributed by atoms with E-state index in [0.717, 1.165) is 6.42 Å². The van der Waals surface area contributed by atoms with Gasteiger partial charge in [0.1, 0.15) is 0 Å². The fourth-order valence-corrected chi connectivity index (χ4v) is 8.82. The van der Waals surface area contributed by atoms with Gasteiger partial charge in [-0.25, -0.2) is 4.67 Å². The van der Waals surface area contributed by atoms with Crippen molar-refractivity contribution >= 4 is 18.4 Å². The van der Waals surface area contributed by atoms with Gasteiger partial charge in [0.15, 0.2) is 0 Å². The third kappa shape index (κ3) is 3.95. The van der Waals surface area contributed by atoms with Gasteiger partial charge in [-0.3, -0.25) is 0 Å². The fraction of sp³-hybridized carbons (Fsp3) is 1.00. The third-order valence-corrected chi connectivity index (χ3v) is 9.02. The number of hydrogen-bond donors (Lipinski definition) is 0. The van der Waals surface area contributed by atoms with Gasteiger partial charge in [0, 0.05) is 18.5 Å². The Bertz CT molecular complexity index is 375. The van der Waals surface area contributed by atoms with Crippen molar-refractivity contribution < 1.29 is 9.05 Å². The Balaban J connectivity index is 1.84. The minimum atomic E-state index is -2.31. The standard InChI is InChI=1S/C17H32NO2PS/c1-14-13-15(2)20-21(22,19-14)18(16-9-5-3-6-10-16)17-11-7-4-8-12-17/h14-17H,3-13H2,1-2H3/t14-,15-/m1/s1. The van der Waals surface area contributed by atoms with E-state index in [1.807, 2.05) is 0 Å². The van der Waals surface area contributed by atoms with Gasteiger partial charge in [0.25, 0.3) is 6.64 Å². The van der Waals surface area contributed by atoms with Gasteiger partial charge in [-0.05, 0) is 51.3 Å². The molecule has 1 saturated heterocycles. The highest BCUT2D eigenvalue weighted by molar-refractivity contribution is 8.08. The molecule has 0 spiro atoms. The van der Waals surface area contributed by atoms with Crippen molar-refractivity contribution in [2.24, 2.45) is 0 Å². The zero-order chi connectivity index (χ0) is 15.6. The molecule has 0 unspecified atom stereocenters. The Morgan fingerprint density at radius 3 is 1.59 bits per heavy atom. The van der Waals surface area contributed by atoms with Gasteiger partial charge in [-0.1, -0.05) is 38.5 Å². The van der Waals surface area contributed by atoms with Crippen LogP contribution in [0.5, 0.6) is 0 Å². The highest BCUT2D eigenvalue weighted by atomic mass is 32.5. The molecular weight excluding hydrogens is 313 g/mol. The SMILES string of the molecule is C[C@@H]1C[C@@H](C)OP(=S)(N(C2CCCCC2)C2CCCCC2)O1. The van der Waals surface area contributed by atoms with Gasteiger partial charge >= 0.3 is 0 Å². The number of rotatable bonds is 3. The average molecular weight is 345 g/mol. The summed E-state index contributed by atoms with van der Waals surface area (Å²) in [6, 6.07) is 1.19. The van der Waals surface area contributed by atoms with Crippen LogP contribution in [0.4, 0.5) is 0 Å². The van der Waals surface area contributed by atoms with Crippen molar-refractivity contribution in [3.05, 3.63) is 0 Å². The molecule has 128 valence electrons. The molecule has 2 atom stereocenters. The van der Waals surface area contributed by atoms with Gasteiger partial charge in [-0.15, -0.1) is 0 Å². The first kappa shape index (κ1) is 17.4. The topological polar surface area (TPSA) is 21.7 Å². The summed E-state index contributed by atoms with van der Waals surface area (Å²) in [5, 5.41) is 0. The summed E-state index contributed by atoms with van der Waals surface area (Å²) in [6.45, 7) is 2.03. The molecule has 0 amide bonds. The lowest BCUT2D eigenvalue weighted by Gasteiger charge is -2.49. The lowest BCUT2D eigenvalue weighted by Crippen LogP contribution is -2.45. The van der Waals surface area contributed by atoms with Crippen LogP contribution in [0.1, 0.15) is 84.5 Å². The van der Waals surface area contributed by atoms with Crippen molar-refractivity contribution in [3.8, 4) is 0 Å². The molecule has 0 bridgehead atoms. The molecule has 1 aliphatic heterocycles. The molecule has 3 nitrogen and oxygen atoms in total. The summed E-state index contributed by atoms with van der Waals surface area (Å²) in [4.78, 5) is 0. The predicted octanol–water partition coefficient (Wildman–Crippen LogP) is 5.39. The van der Waals surface area contributed by atoms with E-state index in [2.05, 4.69) is 18.5 Å². The quantitative estimate of drug-likeness (QED) is 0.639. The van der Waals surface area contributed by atoms with Crippen LogP contribution in [0.25, 0.3) is 0 Å². The lowest BCUT2D eigenvalue weighted by molar-refractivity contribution is 0.0280. The second kappa shape index (κ2) is 7.61. The normalized spacial score (nSPS) is 39.2. The Hall–Kier alpha value is 0.530. The Labute approximate surface area is 141 Å². The van der Waals surface area contributed by atoms with E-state index in [-0.39, 0.29) is 12.2 Å². The molecule has 0 N–H and O–H groups in total. The maximum atomic E-state index is 6.34. The van der Waals surface area contributed by atoms with Crippen LogP contribution in [0.15, 0.2) is 0 Å². The molecule has 2 saturated carbocycles. The summed E-state index contributed by atoms with van der Waals surface area (Å²) in [5.74, 6) is 0. The molecule has 3 aliphatic rings. The third-order valence-electron chi connectivity index (χ3n) is 5.47. The first-order valence-electron chi connectivity index (χ1n) is 9.34. The first-order valence-corrected chi connectivity index (χ1v) is 11.9. The van der Waals surface area contributed by atoms with E-state index in [4.69, 9.17) is 20.9 Å². The zero-order valence-electron chi connectivity index (χ0n) is 14.2. The number of hydrogen-bond acceptors (Lipinski definition) is 3. The van der Waals surface area contributed by atoms with Gasteiger partial charge in [0.05, 0.1) is 12.2 Å². The molecular formula is C17H32NO2PS. The molecule has 3 rings (SSSR count). The summed E-state index contributed by atoms with van der Waals surface area (Å²) in [6.07, 6.45) is 14.7. The summed E-state index contributed by atoms with van der Waals surface area (Å²) >= 11 is 6.08. The maximum Gasteiger partial charge on any atom is 0.264 e. The van der Waals surface area contributed by atoms with Crippen LogP contribution < -0.4 is 0 Å². The van der Waals surface area contributed by atoms with Crippen LogP contribution in [0, 0.1) is 0 Å². The van der Waals surface area contributed by atoms with Crippen molar-refractivity contribution in [3.63, 3.8) is 0 Å². The second-order valence-electron chi connectivity index (χ2n) is 7.50. The fourth-order valence-electron chi connectivity index (χ4n) is 4.53. The average Bonchev–Trinajstić information content (AvgIpc) is 2.48. The van der Waals surface area contributed by atoms with E-state index in [1.165, 1.54) is 64.2 Å². The number of nitrogens with zero attached hydrogens (tertiary/aromatic N) is 1. The predicted molar refractivity (Wildman–Crippen MR) is 95.6 cm³/mol. The van der Waals surface area contributed by atoms with E-state index in [0.29, 0.717) is 12.1 Å². The molecule has 22 heavy (non-hydrogen) atoms. The van der Waals surface area contributed by atoms with E-state index >= 15 is 0 Å². The highest BCUT2D eigenvalue weighted by Crippen LogP contribution is 2.61. The molecule has 0 aromatic rings. The minimum Gasteiger partial charge on any atom is -0.315 e. The summed E-state index contributed by atoms with van der Waals surface area (Å²) in [7, 11) is 0. The van der Waals surface area contributed by atoms with E-state index in [1.54, 1.807) is 0 Å². The molecule has 3 fully saturated rings. The smallest absolute Gasteiger partial charge is 0.264 e. The lowest BCUT2D eigenvalue weighted by atomic mass is 9.91. The monoisotopic (exact) mass is 345 g/mol. The largest absolute Gasteiger partial charge is 0.315 e. The van der Waals surface area contributed by atoms with Crippen LogP contribution >= 0.6 is 6.64 Å². The van der Waals surface area contributed by atoms with Crippen LogP contribution in [0.3, 0.4) is 0 Å². The van der Waals surface area contributed by atoms with Crippen LogP contribution in [0.2, 0.25) is 0 Å². The minimum absolute atomic E-state index is 0.240. The molecule has 1 heterocycles. The Kier molecular flexibility index (Phi) is 6.00. The molecule has 0 radical (unpaired) electrons. The second-order valence-corrected chi connectivity index (χ2v) is 10.7. The maximum absolute atomic E-state index is 6.34. The zero-order valence-corrected chi connectivity index (χ0v) is 15.9. The molecule has 0 aromatic carbocycles. The van der Waals surface area contributed by atoms with Gasteiger partial charge < -0.3 is 9.05 Å². The Morgan fingerprint density at radius 1 is 0.773 bits per heavy atom. The summed E-state index contributed by atoms with van der Waals surface area (Å²) < 4.78 is 15.3. The van der Waals surface area contributed by atoms with Gasteiger partial charge in [0.2, 0.25) is 0 Å². The first-order chi connectivity index (χ1) is 10.6. The van der Waals surface area contributed by atoms with Crippen LogP contribution in [-0.4, -0.2) is 29.0 Å². The molecule has 0 aromatic heterocycles. The van der Waals surface area contributed by atoms with Crippen molar-refractivity contribution in [2.75, 3.05) is 0 Å². The van der Waals surface area contributed by atoms with E-state index in [9.17, 15) is 0 Å².